The van der Waals surface area contributed by atoms with Gasteiger partial charge >= 0.3 is 0 Å². The van der Waals surface area contributed by atoms with Crippen molar-refractivity contribution in [3.63, 3.8) is 0 Å². The topological polar surface area (TPSA) is 72.7 Å². The highest BCUT2D eigenvalue weighted by Crippen LogP contribution is 2.36. The van der Waals surface area contributed by atoms with E-state index in [0.29, 0.717) is 26.9 Å². The van der Waals surface area contributed by atoms with Crippen molar-refractivity contribution < 1.29 is 18.8 Å². The molecule has 0 aromatic heterocycles. The monoisotopic (exact) mass is 480 g/mol. The largest absolute Gasteiger partial charge is 0.488 e. The Balaban J connectivity index is 1.62. The van der Waals surface area contributed by atoms with Crippen LogP contribution in [0.4, 0.5) is 10.1 Å². The minimum atomic E-state index is -0.529. The molecule has 9 heteroatoms. The normalized spacial score (nSPS) is 14.7. The van der Waals surface area contributed by atoms with Gasteiger partial charge in [-0.1, -0.05) is 72.5 Å². The second-order valence-electron chi connectivity index (χ2n) is 7.11. The fourth-order valence-electron chi connectivity index (χ4n) is 3.21. The minimum absolute atomic E-state index is 0.0692. The van der Waals surface area contributed by atoms with E-state index in [0.717, 1.165) is 17.3 Å². The second kappa shape index (κ2) is 9.93. The van der Waals surface area contributed by atoms with Crippen LogP contribution in [0, 0.1) is 15.9 Å². The summed E-state index contributed by atoms with van der Waals surface area (Å²) in [5, 5.41) is 11.3. The van der Waals surface area contributed by atoms with Gasteiger partial charge in [-0.15, -0.1) is 0 Å². The molecular weight excluding hydrogens is 463 g/mol. The van der Waals surface area contributed by atoms with Crippen LogP contribution in [0.1, 0.15) is 16.7 Å². The average molecular weight is 481 g/mol. The number of amides is 1. The van der Waals surface area contributed by atoms with Gasteiger partial charge in [-0.05, 0) is 23.8 Å². The van der Waals surface area contributed by atoms with Gasteiger partial charge in [0.1, 0.15) is 22.5 Å². The minimum Gasteiger partial charge on any atom is -0.488 e. The van der Waals surface area contributed by atoms with Crippen molar-refractivity contribution in [1.29, 1.82) is 0 Å². The van der Waals surface area contributed by atoms with Crippen LogP contribution in [-0.4, -0.2) is 20.1 Å². The first kappa shape index (κ1) is 22.6. The third-order valence-electron chi connectivity index (χ3n) is 4.89. The standard InChI is InChI=1S/C24H17FN2O4S2/c25-20-9-5-4-8-17(20)15-31-21-11-10-19(27(29)30)12-18(21)13-22-23(28)26(24(32)33-22)14-16-6-2-1-3-7-16/h1-13H,14-15H2/b22-13-. The summed E-state index contributed by atoms with van der Waals surface area (Å²) in [4.78, 5) is 25.6. The van der Waals surface area contributed by atoms with E-state index in [1.54, 1.807) is 18.2 Å². The molecule has 0 aliphatic carbocycles. The lowest BCUT2D eigenvalue weighted by molar-refractivity contribution is -0.384. The van der Waals surface area contributed by atoms with Crippen LogP contribution in [-0.2, 0) is 17.9 Å². The smallest absolute Gasteiger partial charge is 0.270 e. The predicted molar refractivity (Wildman–Crippen MR) is 129 cm³/mol. The van der Waals surface area contributed by atoms with E-state index in [9.17, 15) is 19.3 Å². The van der Waals surface area contributed by atoms with Crippen LogP contribution in [0.5, 0.6) is 5.75 Å². The number of halogens is 1. The molecule has 1 fully saturated rings. The van der Waals surface area contributed by atoms with Gasteiger partial charge in [0.15, 0.2) is 0 Å². The van der Waals surface area contributed by atoms with Crippen LogP contribution in [0.2, 0.25) is 0 Å². The Kier molecular flexibility index (Phi) is 6.81. The molecule has 1 aliphatic rings. The molecule has 0 spiro atoms. The van der Waals surface area contributed by atoms with Gasteiger partial charge in [0.25, 0.3) is 11.6 Å². The lowest BCUT2D eigenvalue weighted by atomic mass is 10.1. The quantitative estimate of drug-likeness (QED) is 0.187. The molecule has 1 heterocycles. The van der Waals surface area contributed by atoms with Crippen molar-refractivity contribution in [2.24, 2.45) is 0 Å². The van der Waals surface area contributed by atoms with Crippen molar-refractivity contribution in [2.45, 2.75) is 13.2 Å². The Morgan fingerprint density at radius 2 is 1.82 bits per heavy atom. The molecule has 0 unspecified atom stereocenters. The summed E-state index contributed by atoms with van der Waals surface area (Å²) < 4.78 is 20.1. The van der Waals surface area contributed by atoms with Crippen molar-refractivity contribution in [2.75, 3.05) is 0 Å². The number of thiocarbonyl (C=S) groups is 1. The molecular formula is C24H17FN2O4S2. The molecule has 3 aromatic carbocycles. The number of carbonyl (C=O) groups is 1. The van der Waals surface area contributed by atoms with Gasteiger partial charge in [0.05, 0.1) is 16.4 Å². The highest BCUT2D eigenvalue weighted by Gasteiger charge is 2.32. The van der Waals surface area contributed by atoms with Gasteiger partial charge in [-0.25, -0.2) is 4.39 Å². The molecule has 3 aromatic rings. The number of hydrogen-bond donors (Lipinski definition) is 0. The van der Waals surface area contributed by atoms with Crippen molar-refractivity contribution >= 4 is 46.0 Å². The van der Waals surface area contributed by atoms with Crippen LogP contribution >= 0.6 is 24.0 Å². The van der Waals surface area contributed by atoms with E-state index >= 15 is 0 Å². The van der Waals surface area contributed by atoms with Crippen molar-refractivity contribution in [1.82, 2.24) is 4.90 Å². The first-order valence-corrected chi connectivity index (χ1v) is 11.1. The number of nitrogens with zero attached hydrogens (tertiary/aromatic N) is 2. The molecule has 0 atom stereocenters. The Bertz CT molecular complexity index is 1260. The third-order valence-corrected chi connectivity index (χ3v) is 6.27. The Morgan fingerprint density at radius 1 is 1.09 bits per heavy atom. The fraction of sp³-hybridized carbons (Fsp3) is 0.0833. The molecule has 1 aliphatic heterocycles. The fourth-order valence-corrected chi connectivity index (χ4v) is 4.45. The summed E-state index contributed by atoms with van der Waals surface area (Å²) >= 11 is 6.50. The number of non-ortho nitro benzene ring substituents is 1. The number of carbonyl (C=O) groups excluding carboxylic acids is 1. The number of rotatable bonds is 7. The van der Waals surface area contributed by atoms with Crippen LogP contribution < -0.4 is 4.74 Å². The summed E-state index contributed by atoms with van der Waals surface area (Å²) in [5.41, 5.74) is 1.45. The van der Waals surface area contributed by atoms with E-state index in [-0.39, 0.29) is 24.0 Å². The second-order valence-corrected chi connectivity index (χ2v) is 8.79. The molecule has 0 N–H and O–H groups in total. The summed E-state index contributed by atoms with van der Waals surface area (Å²) in [6, 6.07) is 19.7. The van der Waals surface area contributed by atoms with E-state index in [4.69, 9.17) is 17.0 Å². The molecule has 33 heavy (non-hydrogen) atoms. The summed E-state index contributed by atoms with van der Waals surface area (Å²) in [6.07, 6.45) is 1.52. The predicted octanol–water partition coefficient (Wildman–Crippen LogP) is 5.71. The number of ether oxygens (including phenoxy) is 1. The molecule has 1 amide bonds. The van der Waals surface area contributed by atoms with Crippen LogP contribution in [0.3, 0.4) is 0 Å². The molecule has 0 saturated carbocycles. The highest BCUT2D eigenvalue weighted by atomic mass is 32.2. The zero-order valence-corrected chi connectivity index (χ0v) is 18.8. The van der Waals surface area contributed by atoms with Crippen LogP contribution in [0.15, 0.2) is 77.7 Å². The summed E-state index contributed by atoms with van der Waals surface area (Å²) in [5.74, 6) is -0.416. The maximum absolute atomic E-state index is 14.0. The first-order chi connectivity index (χ1) is 15.9. The number of nitro groups is 1. The number of thioether (sulfide) groups is 1. The molecule has 4 rings (SSSR count). The maximum Gasteiger partial charge on any atom is 0.270 e. The maximum atomic E-state index is 14.0. The zero-order chi connectivity index (χ0) is 23.4. The van der Waals surface area contributed by atoms with Gasteiger partial charge in [0, 0.05) is 23.3 Å². The number of nitro benzene ring substituents is 1. The van der Waals surface area contributed by atoms with Crippen molar-refractivity contribution in [3.05, 3.63) is 110 Å². The highest BCUT2D eigenvalue weighted by molar-refractivity contribution is 8.26. The first-order valence-electron chi connectivity index (χ1n) is 9.86. The van der Waals surface area contributed by atoms with Gasteiger partial charge in [0.2, 0.25) is 0 Å². The Hall–Kier alpha value is -3.56. The van der Waals surface area contributed by atoms with Crippen molar-refractivity contribution in [3.8, 4) is 5.75 Å². The average Bonchev–Trinajstić information content (AvgIpc) is 3.07. The van der Waals surface area contributed by atoms with Gasteiger partial charge < -0.3 is 4.74 Å². The Morgan fingerprint density at radius 3 is 2.55 bits per heavy atom. The summed E-state index contributed by atoms with van der Waals surface area (Å²) in [6.45, 7) is 0.259. The molecule has 166 valence electrons. The molecule has 0 radical (unpaired) electrons. The number of hydrogen-bond acceptors (Lipinski definition) is 6. The number of benzene rings is 3. The molecule has 6 nitrogen and oxygen atoms in total. The lowest BCUT2D eigenvalue weighted by Gasteiger charge is -2.14. The van der Waals surface area contributed by atoms with Crippen LogP contribution in [0.25, 0.3) is 6.08 Å². The van der Waals surface area contributed by atoms with Gasteiger partial charge in [-0.2, -0.15) is 0 Å². The lowest BCUT2D eigenvalue weighted by Crippen LogP contribution is -2.27. The van der Waals surface area contributed by atoms with Gasteiger partial charge in [-0.3, -0.25) is 19.8 Å². The summed E-state index contributed by atoms with van der Waals surface area (Å²) in [7, 11) is 0. The Labute approximate surface area is 198 Å². The third kappa shape index (κ3) is 5.27. The van der Waals surface area contributed by atoms with E-state index in [1.165, 1.54) is 35.2 Å². The van der Waals surface area contributed by atoms with E-state index in [2.05, 4.69) is 0 Å². The van der Waals surface area contributed by atoms with E-state index in [1.807, 2.05) is 30.3 Å². The molecule has 0 bridgehead atoms. The molecule has 1 saturated heterocycles. The van der Waals surface area contributed by atoms with E-state index < -0.39 is 10.7 Å². The zero-order valence-electron chi connectivity index (χ0n) is 17.1. The SMILES string of the molecule is O=C1/C(=C/c2cc([N+](=O)[O-])ccc2OCc2ccccc2F)SC(=S)N1Cc1ccccc1.